The number of aromatic nitrogens is 1. The van der Waals surface area contributed by atoms with Crippen molar-refractivity contribution < 1.29 is 0 Å². The van der Waals surface area contributed by atoms with E-state index in [2.05, 4.69) is 231 Å². The Morgan fingerprint density at radius 3 is 1.24 bits per heavy atom. The minimum absolute atomic E-state index is 0.111. The van der Waals surface area contributed by atoms with Crippen LogP contribution in [0.3, 0.4) is 0 Å². The SMILES string of the molecule is CC1(C)c2ccccc2-c2ccc(N(c3ccc4c(c3)C(C)(C)c3ccccc3-4)c3ccc4cc(-n5c6cc7ccccc7cc6c6cc7ccccc7cc65)ccc4c3)cc21. The highest BCUT2D eigenvalue weighted by Gasteiger charge is 2.37. The Kier molecular flexibility index (Phi) is 7.16. The first-order valence-electron chi connectivity index (χ1n) is 21.9. The molecular formula is C60H44N2. The van der Waals surface area contributed by atoms with Crippen molar-refractivity contribution in [1.82, 2.24) is 4.57 Å². The zero-order valence-electron chi connectivity index (χ0n) is 35.4. The van der Waals surface area contributed by atoms with Crippen molar-refractivity contribution >= 4 is 71.2 Å². The van der Waals surface area contributed by atoms with Crippen molar-refractivity contribution in [3.8, 4) is 27.9 Å². The molecule has 2 heteroatoms. The normalized spacial score (nSPS) is 14.4. The van der Waals surface area contributed by atoms with Gasteiger partial charge in [-0.1, -0.05) is 149 Å². The number of benzene rings is 10. The Morgan fingerprint density at radius 2 is 0.710 bits per heavy atom. The fourth-order valence-corrected chi connectivity index (χ4v) is 11.3. The van der Waals surface area contributed by atoms with Gasteiger partial charge in [0.25, 0.3) is 0 Å². The van der Waals surface area contributed by atoms with Crippen LogP contribution >= 0.6 is 0 Å². The molecule has 2 nitrogen and oxygen atoms in total. The van der Waals surface area contributed by atoms with E-state index < -0.39 is 0 Å². The Hall–Kier alpha value is -7.42. The molecule has 2 aliphatic rings. The van der Waals surface area contributed by atoms with Crippen LogP contribution in [-0.2, 0) is 10.8 Å². The highest BCUT2D eigenvalue weighted by Crippen LogP contribution is 2.53. The summed E-state index contributed by atoms with van der Waals surface area (Å²) in [4.78, 5) is 2.48. The summed E-state index contributed by atoms with van der Waals surface area (Å²) in [6.07, 6.45) is 0. The molecule has 0 saturated heterocycles. The fourth-order valence-electron chi connectivity index (χ4n) is 11.3. The summed E-state index contributed by atoms with van der Waals surface area (Å²) < 4.78 is 2.47. The van der Waals surface area contributed by atoms with Crippen LogP contribution in [0, 0.1) is 0 Å². The van der Waals surface area contributed by atoms with Crippen LogP contribution in [0.1, 0.15) is 49.9 Å². The van der Waals surface area contributed by atoms with Gasteiger partial charge in [0.2, 0.25) is 0 Å². The van der Waals surface area contributed by atoms with Crippen molar-refractivity contribution in [3.63, 3.8) is 0 Å². The molecule has 1 heterocycles. The monoisotopic (exact) mass is 792 g/mol. The molecule has 1 aromatic heterocycles. The summed E-state index contributed by atoms with van der Waals surface area (Å²) >= 11 is 0. The van der Waals surface area contributed by atoms with Crippen molar-refractivity contribution in [2.75, 3.05) is 4.90 Å². The molecule has 2 aliphatic carbocycles. The molecule has 0 atom stereocenters. The summed E-state index contributed by atoms with van der Waals surface area (Å²) in [5.41, 5.74) is 17.7. The van der Waals surface area contributed by atoms with E-state index in [9.17, 15) is 0 Å². The lowest BCUT2D eigenvalue weighted by atomic mass is 9.82. The molecule has 62 heavy (non-hydrogen) atoms. The largest absolute Gasteiger partial charge is 0.310 e. The number of anilines is 3. The van der Waals surface area contributed by atoms with Gasteiger partial charge in [-0.05, 0) is 150 Å². The van der Waals surface area contributed by atoms with Crippen LogP contribution in [0.4, 0.5) is 17.1 Å². The van der Waals surface area contributed by atoms with Gasteiger partial charge in [-0.3, -0.25) is 0 Å². The van der Waals surface area contributed by atoms with Crippen molar-refractivity contribution in [1.29, 1.82) is 0 Å². The molecule has 0 spiro atoms. The standard InChI is InChI=1S/C60H44N2/c1-59(2)53-19-11-9-17-47(53)49-27-25-45(35-55(49)59)61(46-26-28-50-48-18-10-12-20-54(48)60(3,4)56(50)36-46)43-23-21-42-30-44(24-22-41(42)29-43)62-57-33-39-15-7-5-13-37(39)31-51(57)52-32-38-14-6-8-16-40(38)34-58(52)62/h5-36H,1-4H3. The van der Waals surface area contributed by atoms with Gasteiger partial charge in [-0.25, -0.2) is 0 Å². The average molecular weight is 793 g/mol. The Balaban J connectivity index is 0.989. The van der Waals surface area contributed by atoms with Gasteiger partial charge in [0.05, 0.1) is 11.0 Å². The molecule has 0 N–H and O–H groups in total. The molecule has 0 aliphatic heterocycles. The predicted molar refractivity (Wildman–Crippen MR) is 263 cm³/mol. The zero-order valence-corrected chi connectivity index (χ0v) is 35.4. The molecule has 0 radical (unpaired) electrons. The average Bonchev–Trinajstić information content (AvgIpc) is 3.82. The van der Waals surface area contributed by atoms with Crippen LogP contribution in [0.25, 0.3) is 82.1 Å². The second kappa shape index (κ2) is 12.6. The van der Waals surface area contributed by atoms with Crippen molar-refractivity contribution in [2.45, 2.75) is 38.5 Å². The van der Waals surface area contributed by atoms with Gasteiger partial charge in [-0.2, -0.15) is 0 Å². The van der Waals surface area contributed by atoms with Crippen LogP contribution < -0.4 is 4.90 Å². The van der Waals surface area contributed by atoms with Gasteiger partial charge < -0.3 is 9.47 Å². The van der Waals surface area contributed by atoms with E-state index in [1.165, 1.54) is 110 Å². The molecule has 13 rings (SSSR count). The number of hydrogen-bond donors (Lipinski definition) is 0. The molecule has 10 aromatic carbocycles. The van der Waals surface area contributed by atoms with Crippen LogP contribution in [0.5, 0.6) is 0 Å². The summed E-state index contributed by atoms with van der Waals surface area (Å²) in [6, 6.07) is 73.0. The number of nitrogens with zero attached hydrogens (tertiary/aromatic N) is 2. The van der Waals surface area contributed by atoms with Gasteiger partial charge in [0.15, 0.2) is 0 Å². The highest BCUT2D eigenvalue weighted by atomic mass is 15.1. The zero-order chi connectivity index (χ0) is 41.5. The van der Waals surface area contributed by atoms with E-state index in [1.807, 2.05) is 0 Å². The molecule has 0 unspecified atom stereocenters. The molecule has 0 bridgehead atoms. The maximum Gasteiger partial charge on any atom is 0.0547 e. The van der Waals surface area contributed by atoms with Crippen LogP contribution in [0.2, 0.25) is 0 Å². The first kappa shape index (κ1) is 35.3. The van der Waals surface area contributed by atoms with Gasteiger partial charge in [0, 0.05) is 44.4 Å². The predicted octanol–water partition coefficient (Wildman–Crippen LogP) is 16.3. The highest BCUT2D eigenvalue weighted by molar-refractivity contribution is 6.17. The Morgan fingerprint density at radius 1 is 0.323 bits per heavy atom. The lowest BCUT2D eigenvalue weighted by Gasteiger charge is -2.30. The second-order valence-corrected chi connectivity index (χ2v) is 18.6. The summed E-state index contributed by atoms with van der Waals surface area (Å²) in [5, 5.41) is 9.98. The first-order valence-corrected chi connectivity index (χ1v) is 21.9. The molecule has 0 saturated carbocycles. The first-order chi connectivity index (χ1) is 30.2. The summed E-state index contributed by atoms with van der Waals surface area (Å²) in [7, 11) is 0. The molecule has 294 valence electrons. The number of rotatable bonds is 4. The summed E-state index contributed by atoms with van der Waals surface area (Å²) in [6.45, 7) is 9.49. The van der Waals surface area contributed by atoms with Crippen LogP contribution in [0.15, 0.2) is 194 Å². The number of fused-ring (bicyclic) bond motifs is 12. The second-order valence-electron chi connectivity index (χ2n) is 18.6. The van der Waals surface area contributed by atoms with E-state index in [0.29, 0.717) is 0 Å². The van der Waals surface area contributed by atoms with Crippen molar-refractivity contribution in [2.24, 2.45) is 0 Å². The molecule has 0 fully saturated rings. The van der Waals surface area contributed by atoms with E-state index in [0.717, 1.165) is 11.4 Å². The molecular weight excluding hydrogens is 749 g/mol. The lowest BCUT2D eigenvalue weighted by molar-refractivity contribution is 0.660. The van der Waals surface area contributed by atoms with E-state index in [-0.39, 0.29) is 10.8 Å². The fraction of sp³-hybridized carbons (Fsp3) is 0.100. The van der Waals surface area contributed by atoms with E-state index in [4.69, 9.17) is 0 Å². The van der Waals surface area contributed by atoms with E-state index >= 15 is 0 Å². The topological polar surface area (TPSA) is 8.17 Å². The maximum absolute atomic E-state index is 2.48. The van der Waals surface area contributed by atoms with Crippen molar-refractivity contribution in [3.05, 3.63) is 216 Å². The van der Waals surface area contributed by atoms with E-state index in [1.54, 1.807) is 0 Å². The summed E-state index contributed by atoms with van der Waals surface area (Å²) in [5.74, 6) is 0. The minimum Gasteiger partial charge on any atom is -0.310 e. The quantitative estimate of drug-likeness (QED) is 0.172. The van der Waals surface area contributed by atoms with Crippen LogP contribution in [-0.4, -0.2) is 4.57 Å². The third-order valence-corrected chi connectivity index (χ3v) is 14.5. The Bertz CT molecular complexity index is 3510. The third kappa shape index (κ3) is 4.92. The maximum atomic E-state index is 2.48. The third-order valence-electron chi connectivity index (χ3n) is 14.5. The lowest BCUT2D eigenvalue weighted by Crippen LogP contribution is -2.18. The molecule has 11 aromatic rings. The minimum atomic E-state index is -0.111. The molecule has 0 amide bonds. The number of hydrogen-bond acceptors (Lipinski definition) is 1. The van der Waals surface area contributed by atoms with Gasteiger partial charge in [0.1, 0.15) is 0 Å². The Labute approximate surface area is 361 Å². The van der Waals surface area contributed by atoms with Gasteiger partial charge in [-0.15, -0.1) is 0 Å². The van der Waals surface area contributed by atoms with Gasteiger partial charge >= 0.3 is 0 Å². The smallest absolute Gasteiger partial charge is 0.0547 e.